The summed E-state index contributed by atoms with van der Waals surface area (Å²) in [5, 5.41) is 0. The molecule has 0 aromatic heterocycles. The summed E-state index contributed by atoms with van der Waals surface area (Å²) in [6.07, 6.45) is -0.492. The third-order valence-electron chi connectivity index (χ3n) is 3.88. The molecule has 2 unspecified atom stereocenters. The van der Waals surface area contributed by atoms with Crippen LogP contribution in [0.1, 0.15) is 20.8 Å². The van der Waals surface area contributed by atoms with Crippen molar-refractivity contribution in [2.45, 2.75) is 44.2 Å². The molecule has 2 fully saturated rings. The van der Waals surface area contributed by atoms with Gasteiger partial charge in [-0.25, -0.2) is 0 Å². The van der Waals surface area contributed by atoms with Gasteiger partial charge in [-0.1, -0.05) is 0 Å². The summed E-state index contributed by atoms with van der Waals surface area (Å²) in [7, 11) is 1.63. The Hall–Kier alpha value is -0.650. The molecular weight excluding hydrogens is 212 g/mol. The van der Waals surface area contributed by atoms with Crippen molar-refractivity contribution < 1.29 is 23.7 Å². The summed E-state index contributed by atoms with van der Waals surface area (Å²) >= 11 is 0. The molecule has 0 aliphatic carbocycles. The fraction of sp³-hybridized carbons (Fsp3) is 0.909. The molecule has 2 heterocycles. The van der Waals surface area contributed by atoms with E-state index in [-0.39, 0.29) is 18.2 Å². The number of rotatable bonds is 2. The molecule has 0 spiro atoms. The van der Waals surface area contributed by atoms with E-state index in [2.05, 4.69) is 0 Å². The second kappa shape index (κ2) is 3.68. The van der Waals surface area contributed by atoms with E-state index in [0.717, 1.165) is 0 Å². The summed E-state index contributed by atoms with van der Waals surface area (Å²) in [6.45, 7) is 6.06. The summed E-state index contributed by atoms with van der Waals surface area (Å²) in [5.74, 6) is -0.316. The maximum atomic E-state index is 11.0. The van der Waals surface area contributed by atoms with Gasteiger partial charge >= 0.3 is 5.97 Å². The van der Waals surface area contributed by atoms with E-state index in [9.17, 15) is 4.79 Å². The molecule has 2 aliphatic heterocycles. The van der Waals surface area contributed by atoms with Crippen LogP contribution in [-0.2, 0) is 23.7 Å². The fourth-order valence-corrected chi connectivity index (χ4v) is 2.57. The smallest absolute Gasteiger partial charge is 0.303 e. The molecule has 16 heavy (non-hydrogen) atoms. The van der Waals surface area contributed by atoms with Crippen LogP contribution in [0.5, 0.6) is 0 Å². The number of methoxy groups -OCH3 is 1. The van der Waals surface area contributed by atoms with Crippen LogP contribution in [0.4, 0.5) is 0 Å². The Kier molecular flexibility index (Phi) is 2.72. The van der Waals surface area contributed by atoms with Gasteiger partial charge in [0.1, 0.15) is 17.3 Å². The first kappa shape index (κ1) is 11.8. The average Bonchev–Trinajstić information content (AvgIpc) is 2.59. The lowest BCUT2D eigenvalue weighted by Gasteiger charge is -2.35. The van der Waals surface area contributed by atoms with Crippen molar-refractivity contribution in [1.29, 1.82) is 0 Å². The molecule has 0 amide bonds. The molecule has 0 aromatic carbocycles. The molecule has 0 saturated carbocycles. The second-order valence-corrected chi connectivity index (χ2v) is 4.66. The molecule has 4 atom stereocenters. The molecule has 5 heteroatoms. The van der Waals surface area contributed by atoms with Gasteiger partial charge in [0, 0.05) is 14.0 Å². The molecule has 2 rings (SSSR count). The van der Waals surface area contributed by atoms with Gasteiger partial charge in [0.15, 0.2) is 6.10 Å². The third-order valence-corrected chi connectivity index (χ3v) is 3.88. The van der Waals surface area contributed by atoms with Crippen LogP contribution in [0.15, 0.2) is 0 Å². The van der Waals surface area contributed by atoms with Gasteiger partial charge in [-0.2, -0.15) is 0 Å². The summed E-state index contributed by atoms with van der Waals surface area (Å²) in [4.78, 5) is 11.0. The zero-order chi connectivity index (χ0) is 12.0. The maximum Gasteiger partial charge on any atom is 0.303 e. The molecule has 0 aromatic rings. The third kappa shape index (κ3) is 1.38. The quantitative estimate of drug-likeness (QED) is 0.647. The van der Waals surface area contributed by atoms with Gasteiger partial charge in [-0.3, -0.25) is 4.79 Å². The minimum absolute atomic E-state index is 0.127. The van der Waals surface area contributed by atoms with Crippen LogP contribution >= 0.6 is 0 Å². The van der Waals surface area contributed by atoms with Crippen LogP contribution in [0.25, 0.3) is 0 Å². The van der Waals surface area contributed by atoms with Crippen LogP contribution in [0.3, 0.4) is 0 Å². The summed E-state index contributed by atoms with van der Waals surface area (Å²) < 4.78 is 22.1. The molecule has 0 radical (unpaired) electrons. The number of ether oxygens (including phenoxy) is 4. The zero-order valence-electron chi connectivity index (χ0n) is 10.1. The van der Waals surface area contributed by atoms with Crippen molar-refractivity contribution in [2.75, 3.05) is 20.3 Å². The standard InChI is InChI=1S/C11H18O5/c1-7(12)16-9-6-15-10(2)8(13-4)5-14-11(9,10)3/h8-9H,5-6H2,1-4H3/t8?,9?,10-,11-/m1/s1. The normalized spacial score (nSPS) is 46.8. The van der Waals surface area contributed by atoms with Crippen molar-refractivity contribution in [2.24, 2.45) is 0 Å². The van der Waals surface area contributed by atoms with Gasteiger partial charge in [-0.05, 0) is 13.8 Å². The molecule has 2 aliphatic rings. The van der Waals surface area contributed by atoms with E-state index < -0.39 is 11.2 Å². The molecule has 0 bridgehead atoms. The first-order valence-corrected chi connectivity index (χ1v) is 5.42. The van der Waals surface area contributed by atoms with Gasteiger partial charge < -0.3 is 18.9 Å². The van der Waals surface area contributed by atoms with Crippen LogP contribution in [0.2, 0.25) is 0 Å². The van der Waals surface area contributed by atoms with Crippen molar-refractivity contribution in [3.05, 3.63) is 0 Å². The van der Waals surface area contributed by atoms with Crippen LogP contribution in [0, 0.1) is 0 Å². The minimum Gasteiger partial charge on any atom is -0.457 e. The van der Waals surface area contributed by atoms with Crippen molar-refractivity contribution in [1.82, 2.24) is 0 Å². The fourth-order valence-electron chi connectivity index (χ4n) is 2.57. The highest BCUT2D eigenvalue weighted by Gasteiger charge is 2.67. The summed E-state index contributed by atoms with van der Waals surface area (Å²) in [6, 6.07) is 0. The lowest BCUT2D eigenvalue weighted by Crippen LogP contribution is -2.54. The highest BCUT2D eigenvalue weighted by Crippen LogP contribution is 2.48. The molecular formula is C11H18O5. The summed E-state index contributed by atoms with van der Waals surface area (Å²) in [5.41, 5.74) is -1.18. The van der Waals surface area contributed by atoms with Gasteiger partial charge in [0.05, 0.1) is 13.2 Å². The van der Waals surface area contributed by atoms with Crippen molar-refractivity contribution in [3.8, 4) is 0 Å². The van der Waals surface area contributed by atoms with E-state index in [1.165, 1.54) is 6.92 Å². The Morgan fingerprint density at radius 3 is 2.19 bits per heavy atom. The molecule has 0 N–H and O–H groups in total. The van der Waals surface area contributed by atoms with E-state index in [0.29, 0.717) is 13.2 Å². The Morgan fingerprint density at radius 2 is 1.69 bits per heavy atom. The monoisotopic (exact) mass is 230 g/mol. The topological polar surface area (TPSA) is 54.0 Å². The Morgan fingerprint density at radius 1 is 1.19 bits per heavy atom. The van der Waals surface area contributed by atoms with E-state index in [4.69, 9.17) is 18.9 Å². The molecule has 5 nitrogen and oxygen atoms in total. The predicted molar refractivity (Wildman–Crippen MR) is 55.1 cm³/mol. The Labute approximate surface area is 95.0 Å². The Bertz CT molecular complexity index is 305. The minimum atomic E-state index is -0.626. The first-order valence-electron chi connectivity index (χ1n) is 5.42. The van der Waals surface area contributed by atoms with Crippen molar-refractivity contribution in [3.63, 3.8) is 0 Å². The van der Waals surface area contributed by atoms with Gasteiger partial charge in [-0.15, -0.1) is 0 Å². The SMILES string of the molecule is COC1CO[C@]2(C)C(OC(C)=O)CO[C@]12C. The maximum absolute atomic E-state index is 11.0. The highest BCUT2D eigenvalue weighted by atomic mass is 16.7. The number of fused-ring (bicyclic) bond motifs is 1. The second-order valence-electron chi connectivity index (χ2n) is 4.66. The highest BCUT2D eigenvalue weighted by molar-refractivity contribution is 5.66. The number of hydrogen-bond donors (Lipinski definition) is 0. The molecule has 92 valence electrons. The predicted octanol–water partition coefficient (Wildman–Crippen LogP) is 0.511. The lowest BCUT2D eigenvalue weighted by molar-refractivity contribution is -0.160. The number of carbonyl (C=O) groups excluding carboxylic acids is 1. The lowest BCUT2D eigenvalue weighted by atomic mass is 9.82. The van der Waals surface area contributed by atoms with Gasteiger partial charge in [0.25, 0.3) is 0 Å². The van der Waals surface area contributed by atoms with Crippen LogP contribution in [-0.4, -0.2) is 49.7 Å². The average molecular weight is 230 g/mol. The van der Waals surface area contributed by atoms with Crippen LogP contribution < -0.4 is 0 Å². The van der Waals surface area contributed by atoms with Gasteiger partial charge in [0.2, 0.25) is 0 Å². The van der Waals surface area contributed by atoms with E-state index >= 15 is 0 Å². The molecule has 2 saturated heterocycles. The van der Waals surface area contributed by atoms with E-state index in [1.807, 2.05) is 13.8 Å². The number of carbonyl (C=O) groups is 1. The number of hydrogen-bond acceptors (Lipinski definition) is 5. The largest absolute Gasteiger partial charge is 0.457 e. The number of esters is 1. The first-order chi connectivity index (χ1) is 7.44. The van der Waals surface area contributed by atoms with E-state index in [1.54, 1.807) is 7.11 Å². The van der Waals surface area contributed by atoms with Crippen molar-refractivity contribution >= 4 is 5.97 Å². The Balaban J connectivity index is 2.23. The zero-order valence-corrected chi connectivity index (χ0v) is 10.1.